The zero-order chi connectivity index (χ0) is 29.9. The van der Waals surface area contributed by atoms with Gasteiger partial charge in [-0.2, -0.15) is 4.98 Å². The fourth-order valence-corrected chi connectivity index (χ4v) is 5.17. The molecule has 11 nitrogen and oxygen atoms in total. The van der Waals surface area contributed by atoms with Crippen LogP contribution in [0.15, 0.2) is 71.6 Å². The van der Waals surface area contributed by atoms with E-state index < -0.39 is 23.8 Å². The molecule has 2 atom stereocenters. The van der Waals surface area contributed by atoms with Crippen molar-refractivity contribution in [3.8, 4) is 5.82 Å². The van der Waals surface area contributed by atoms with Gasteiger partial charge in [0.1, 0.15) is 18.5 Å². The number of benzene rings is 2. The third-order valence-electron chi connectivity index (χ3n) is 6.85. The van der Waals surface area contributed by atoms with E-state index in [2.05, 4.69) is 31.2 Å². The number of anilines is 1. The van der Waals surface area contributed by atoms with Crippen LogP contribution in [0.4, 0.5) is 15.5 Å². The van der Waals surface area contributed by atoms with Crippen molar-refractivity contribution in [2.45, 2.75) is 52.0 Å². The molecule has 0 saturated carbocycles. The molecule has 1 aliphatic rings. The van der Waals surface area contributed by atoms with Crippen LogP contribution in [0.5, 0.6) is 0 Å². The van der Waals surface area contributed by atoms with Crippen molar-refractivity contribution in [2.24, 2.45) is 0 Å². The molecule has 2 aromatic heterocycles. The molecule has 12 heteroatoms. The average molecular weight is 637 g/mol. The second kappa shape index (κ2) is 12.4. The monoisotopic (exact) mass is 635 g/mol. The van der Waals surface area contributed by atoms with Gasteiger partial charge in [0.2, 0.25) is 5.95 Å². The SMILES string of the molecule is CC(Nc1ncc(Br)c(-n2cnc3ccccc32)n1)C1CN(C(=O)OC(C)(C)C)CCN1C(=O)OCc1ccccc1. The van der Waals surface area contributed by atoms with Gasteiger partial charge in [-0.25, -0.2) is 19.6 Å². The van der Waals surface area contributed by atoms with Gasteiger partial charge in [0, 0.05) is 31.9 Å². The number of hydrogen-bond acceptors (Lipinski definition) is 8. The van der Waals surface area contributed by atoms with E-state index in [0.717, 1.165) is 16.6 Å². The molecule has 1 saturated heterocycles. The Morgan fingerprint density at radius 2 is 1.79 bits per heavy atom. The number of carbonyl (C=O) groups is 2. The van der Waals surface area contributed by atoms with Crippen molar-refractivity contribution < 1.29 is 19.1 Å². The summed E-state index contributed by atoms with van der Waals surface area (Å²) in [5.41, 5.74) is 2.01. The van der Waals surface area contributed by atoms with Crippen LogP contribution in [0.2, 0.25) is 0 Å². The molecule has 1 aliphatic heterocycles. The molecule has 5 rings (SSSR count). The third-order valence-corrected chi connectivity index (χ3v) is 7.41. The largest absolute Gasteiger partial charge is 0.445 e. The number of fused-ring (bicyclic) bond motifs is 1. The number of rotatable bonds is 6. The van der Waals surface area contributed by atoms with E-state index in [1.165, 1.54) is 0 Å². The highest BCUT2D eigenvalue weighted by molar-refractivity contribution is 9.10. The smallest absolute Gasteiger partial charge is 0.410 e. The van der Waals surface area contributed by atoms with Gasteiger partial charge in [-0.15, -0.1) is 0 Å². The number of aromatic nitrogens is 4. The van der Waals surface area contributed by atoms with Crippen molar-refractivity contribution >= 4 is 45.1 Å². The molecule has 2 unspecified atom stereocenters. The summed E-state index contributed by atoms with van der Waals surface area (Å²) in [5, 5.41) is 3.35. The lowest BCUT2D eigenvalue weighted by atomic mass is 10.1. The maximum absolute atomic E-state index is 13.3. The normalized spacial score (nSPS) is 16.3. The summed E-state index contributed by atoms with van der Waals surface area (Å²) in [6.07, 6.45) is 2.51. The zero-order valence-electron chi connectivity index (χ0n) is 24.0. The predicted octanol–water partition coefficient (Wildman–Crippen LogP) is 5.64. The van der Waals surface area contributed by atoms with Crippen molar-refractivity contribution in [3.05, 3.63) is 77.2 Å². The van der Waals surface area contributed by atoms with Crippen LogP contribution in [0.3, 0.4) is 0 Å². The Morgan fingerprint density at radius 1 is 1.05 bits per heavy atom. The number of imidazole rings is 1. The second-order valence-electron chi connectivity index (χ2n) is 11.1. The van der Waals surface area contributed by atoms with Gasteiger partial charge in [0.15, 0.2) is 5.82 Å². The second-order valence-corrected chi connectivity index (χ2v) is 12.0. The van der Waals surface area contributed by atoms with Gasteiger partial charge >= 0.3 is 12.2 Å². The number of halogens is 1. The molecule has 220 valence electrons. The highest BCUT2D eigenvalue weighted by Gasteiger charge is 2.38. The van der Waals surface area contributed by atoms with Crippen LogP contribution in [0, 0.1) is 0 Å². The van der Waals surface area contributed by atoms with Gasteiger partial charge in [-0.3, -0.25) is 9.47 Å². The van der Waals surface area contributed by atoms with Crippen LogP contribution in [0.1, 0.15) is 33.3 Å². The summed E-state index contributed by atoms with van der Waals surface area (Å²) in [5.74, 6) is 0.983. The first-order valence-electron chi connectivity index (χ1n) is 13.8. The fourth-order valence-electron chi connectivity index (χ4n) is 4.78. The number of carbonyl (C=O) groups excluding carboxylic acids is 2. The molecule has 0 radical (unpaired) electrons. The van der Waals surface area contributed by atoms with E-state index in [1.54, 1.807) is 22.3 Å². The summed E-state index contributed by atoms with van der Waals surface area (Å²) < 4.78 is 13.9. The minimum atomic E-state index is -0.638. The molecule has 0 aliphatic carbocycles. The fraction of sp³-hybridized carbons (Fsp3) is 0.367. The summed E-state index contributed by atoms with van der Waals surface area (Å²) in [4.78, 5) is 43.3. The van der Waals surface area contributed by atoms with Crippen LogP contribution in [-0.4, -0.2) is 78.8 Å². The number of nitrogens with zero attached hydrogens (tertiary/aromatic N) is 6. The molecule has 3 heterocycles. The molecule has 1 N–H and O–H groups in total. The Bertz CT molecular complexity index is 1560. The van der Waals surface area contributed by atoms with E-state index in [9.17, 15) is 9.59 Å². The molecule has 1 fully saturated rings. The highest BCUT2D eigenvalue weighted by Crippen LogP contribution is 2.25. The number of ether oxygens (including phenoxy) is 2. The minimum Gasteiger partial charge on any atom is -0.445 e. The summed E-state index contributed by atoms with van der Waals surface area (Å²) in [6.45, 7) is 8.43. The van der Waals surface area contributed by atoms with E-state index in [-0.39, 0.29) is 25.7 Å². The topological polar surface area (TPSA) is 115 Å². The molecular weight excluding hydrogens is 602 g/mol. The number of nitrogens with one attached hydrogen (secondary N) is 1. The lowest BCUT2D eigenvalue weighted by molar-refractivity contribution is -0.000537. The van der Waals surface area contributed by atoms with Gasteiger partial charge in [0.05, 0.1) is 21.5 Å². The summed E-state index contributed by atoms with van der Waals surface area (Å²) >= 11 is 3.56. The number of para-hydroxylation sites is 2. The molecule has 2 amide bonds. The van der Waals surface area contributed by atoms with Gasteiger partial charge in [0.25, 0.3) is 0 Å². The van der Waals surface area contributed by atoms with E-state index in [1.807, 2.05) is 86.9 Å². The lowest BCUT2D eigenvalue weighted by Gasteiger charge is -2.43. The maximum atomic E-state index is 13.3. The van der Waals surface area contributed by atoms with Crippen molar-refractivity contribution in [2.75, 3.05) is 25.0 Å². The molecular formula is C30H34BrN7O4. The average Bonchev–Trinajstić information content (AvgIpc) is 3.40. The number of piperazine rings is 1. The summed E-state index contributed by atoms with van der Waals surface area (Å²) in [7, 11) is 0. The maximum Gasteiger partial charge on any atom is 0.410 e. The lowest BCUT2D eigenvalue weighted by Crippen LogP contribution is -2.61. The first kappa shape index (κ1) is 29.3. The Balaban J connectivity index is 1.37. The van der Waals surface area contributed by atoms with Gasteiger partial charge in [-0.05, 0) is 61.3 Å². The number of hydrogen-bond donors (Lipinski definition) is 1. The van der Waals surface area contributed by atoms with Crippen molar-refractivity contribution in [3.63, 3.8) is 0 Å². The summed E-state index contributed by atoms with van der Waals surface area (Å²) in [6, 6.07) is 16.5. The molecule has 4 aromatic rings. The van der Waals surface area contributed by atoms with E-state index in [4.69, 9.17) is 14.5 Å². The van der Waals surface area contributed by atoms with Crippen molar-refractivity contribution in [1.29, 1.82) is 0 Å². The number of amides is 2. The molecule has 0 spiro atoms. The third kappa shape index (κ3) is 6.81. The van der Waals surface area contributed by atoms with Gasteiger partial charge < -0.3 is 19.7 Å². The van der Waals surface area contributed by atoms with Crippen LogP contribution < -0.4 is 5.32 Å². The minimum absolute atomic E-state index is 0.151. The Morgan fingerprint density at radius 3 is 2.55 bits per heavy atom. The quantitative estimate of drug-likeness (QED) is 0.290. The van der Waals surface area contributed by atoms with E-state index in [0.29, 0.717) is 22.8 Å². The standard InChI is InChI=1S/C30H34BrN7O4/c1-20(34-27-32-16-22(31)26(35-27)38-19-33-23-12-8-9-13-24(23)38)25-17-36(28(39)42-30(2,3)4)14-15-37(25)29(40)41-18-21-10-6-5-7-11-21/h5-13,16,19-20,25H,14-15,17-18H2,1-4H3,(H,32,34,35). The van der Waals surface area contributed by atoms with Gasteiger partial charge in [-0.1, -0.05) is 42.5 Å². The zero-order valence-corrected chi connectivity index (χ0v) is 25.6. The van der Waals surface area contributed by atoms with Crippen molar-refractivity contribution in [1.82, 2.24) is 29.3 Å². The Hall–Kier alpha value is -4.19. The van der Waals surface area contributed by atoms with Crippen LogP contribution in [0.25, 0.3) is 16.9 Å². The molecule has 0 bridgehead atoms. The Labute approximate surface area is 253 Å². The first-order valence-corrected chi connectivity index (χ1v) is 14.5. The van der Waals surface area contributed by atoms with Crippen LogP contribution >= 0.6 is 15.9 Å². The Kier molecular flexibility index (Phi) is 8.62. The van der Waals surface area contributed by atoms with Crippen LogP contribution in [-0.2, 0) is 16.1 Å². The predicted molar refractivity (Wildman–Crippen MR) is 162 cm³/mol. The first-order chi connectivity index (χ1) is 20.1. The molecule has 2 aromatic carbocycles. The molecule has 42 heavy (non-hydrogen) atoms. The van der Waals surface area contributed by atoms with E-state index >= 15 is 0 Å². The highest BCUT2D eigenvalue weighted by atomic mass is 79.9.